The van der Waals surface area contributed by atoms with Crippen molar-refractivity contribution in [2.24, 2.45) is 0 Å². The summed E-state index contributed by atoms with van der Waals surface area (Å²) in [7, 11) is 0. The molecule has 1 unspecified atom stereocenters. The van der Waals surface area contributed by atoms with Crippen molar-refractivity contribution in [3.05, 3.63) is 0 Å². The Balaban J connectivity index is 6.25. The van der Waals surface area contributed by atoms with E-state index in [9.17, 15) is 70.2 Å². The van der Waals surface area contributed by atoms with Crippen molar-refractivity contribution in [3.63, 3.8) is 0 Å². The highest BCUT2D eigenvalue weighted by Crippen LogP contribution is 2.62. The average Bonchev–Trinajstić information content (AvgIpc) is 2.59. The lowest BCUT2D eigenvalue weighted by molar-refractivity contribution is -0.448. The van der Waals surface area contributed by atoms with Crippen LogP contribution in [-0.2, 0) is 4.74 Å². The van der Waals surface area contributed by atoms with Crippen LogP contribution >= 0.6 is 0 Å². The molecule has 3 nitrogen and oxygen atoms in total. The highest BCUT2D eigenvalue weighted by atomic mass is 19.4. The van der Waals surface area contributed by atoms with Crippen molar-refractivity contribution in [1.29, 1.82) is 0 Å². The van der Waals surface area contributed by atoms with E-state index < -0.39 is 73.8 Å². The minimum atomic E-state index is -8.46. The summed E-state index contributed by atoms with van der Waals surface area (Å²) in [5.41, 5.74) is 0. The van der Waals surface area contributed by atoms with E-state index in [2.05, 4.69) is 4.74 Å². The van der Waals surface area contributed by atoms with Crippen molar-refractivity contribution in [1.82, 2.24) is 0 Å². The van der Waals surface area contributed by atoms with Gasteiger partial charge in [-0.25, -0.2) is 8.78 Å². The molecular formula is C12H10F16O3. The molecule has 0 saturated heterocycles. The smallest absolute Gasteiger partial charge is 0.384 e. The van der Waals surface area contributed by atoms with Crippen molar-refractivity contribution < 1.29 is 85.2 Å². The fourth-order valence-corrected chi connectivity index (χ4v) is 1.63. The van der Waals surface area contributed by atoms with Gasteiger partial charge in [-0.3, -0.25) is 0 Å². The maximum absolute atomic E-state index is 13.4. The first-order chi connectivity index (χ1) is 13.4. The van der Waals surface area contributed by atoms with Crippen LogP contribution in [0.15, 0.2) is 0 Å². The zero-order valence-corrected chi connectivity index (χ0v) is 14.1. The Kier molecular flexibility index (Phi) is 8.26. The van der Waals surface area contributed by atoms with Gasteiger partial charge in [-0.05, 0) is 0 Å². The molecule has 0 fully saturated rings. The Morgan fingerprint density at radius 3 is 1.32 bits per heavy atom. The molecule has 2 N–H and O–H groups in total. The molecule has 0 rings (SSSR count). The topological polar surface area (TPSA) is 49.7 Å². The van der Waals surface area contributed by atoms with Crippen LogP contribution in [0.2, 0.25) is 0 Å². The molecule has 0 saturated carbocycles. The van der Waals surface area contributed by atoms with E-state index >= 15 is 0 Å². The van der Waals surface area contributed by atoms with Crippen LogP contribution < -0.4 is 0 Å². The first-order valence-corrected chi connectivity index (χ1v) is 7.19. The Morgan fingerprint density at radius 1 is 0.613 bits per heavy atom. The van der Waals surface area contributed by atoms with E-state index in [-0.39, 0.29) is 0 Å². The summed E-state index contributed by atoms with van der Waals surface area (Å²) in [6.07, 6.45) is -8.00. The van der Waals surface area contributed by atoms with E-state index in [1.165, 1.54) is 0 Å². The van der Waals surface area contributed by atoms with Crippen molar-refractivity contribution in [3.8, 4) is 0 Å². The van der Waals surface area contributed by atoms with Gasteiger partial charge < -0.3 is 14.9 Å². The number of hydrogen-bond acceptors (Lipinski definition) is 3. The summed E-state index contributed by atoms with van der Waals surface area (Å²) in [6, 6.07) is 0. The van der Waals surface area contributed by atoms with Gasteiger partial charge in [0.1, 0.15) is 12.7 Å². The van der Waals surface area contributed by atoms with E-state index in [1.54, 1.807) is 0 Å². The summed E-state index contributed by atoms with van der Waals surface area (Å²) in [6.45, 7) is -5.87. The highest BCUT2D eigenvalue weighted by molar-refractivity contribution is 5.14. The van der Waals surface area contributed by atoms with E-state index in [0.29, 0.717) is 0 Å². The van der Waals surface area contributed by atoms with Gasteiger partial charge in [0.15, 0.2) is 0 Å². The van der Waals surface area contributed by atoms with Gasteiger partial charge in [0.05, 0.1) is 13.2 Å². The average molecular weight is 506 g/mol. The van der Waals surface area contributed by atoms with Crippen LogP contribution in [0.3, 0.4) is 0 Å². The number of aliphatic hydroxyl groups excluding tert-OH is 2. The van der Waals surface area contributed by atoms with Gasteiger partial charge in [0, 0.05) is 0 Å². The summed E-state index contributed by atoms with van der Waals surface area (Å²) >= 11 is 0. The predicted molar refractivity (Wildman–Crippen MR) is 64.5 cm³/mol. The lowest BCUT2D eigenvalue weighted by Gasteiger charge is -2.42. The van der Waals surface area contributed by atoms with Crippen LogP contribution in [0.25, 0.3) is 0 Å². The molecule has 0 aromatic carbocycles. The van der Waals surface area contributed by atoms with Crippen molar-refractivity contribution in [2.45, 2.75) is 54.0 Å². The molecule has 19 heteroatoms. The summed E-state index contributed by atoms with van der Waals surface area (Å²) in [5, 5.41) is 17.0. The van der Waals surface area contributed by atoms with Crippen molar-refractivity contribution >= 4 is 0 Å². The summed E-state index contributed by atoms with van der Waals surface area (Å²) in [4.78, 5) is 0. The molecule has 0 heterocycles. The molecule has 0 aliphatic heterocycles. The van der Waals surface area contributed by atoms with Crippen LogP contribution in [0, 0.1) is 0 Å². The second kappa shape index (κ2) is 8.60. The Bertz CT molecular complexity index is 605. The first-order valence-electron chi connectivity index (χ1n) is 7.19. The standard InChI is InChI=1S/C12H10F16O3/c13-5(14)7(17,18)9(21,22)11(25,26)12(27,28)10(23,24)8(19,20)6(15,16)3-31-2-4(30)1-29/h4-5,29-30H,1-3H2. The lowest BCUT2D eigenvalue weighted by Crippen LogP contribution is -2.74. The van der Waals surface area contributed by atoms with Gasteiger partial charge >= 0.3 is 47.9 Å². The Labute approximate surface area is 160 Å². The number of ether oxygens (including phenoxy) is 1. The van der Waals surface area contributed by atoms with E-state index in [0.717, 1.165) is 0 Å². The van der Waals surface area contributed by atoms with Gasteiger partial charge in [0.25, 0.3) is 0 Å². The largest absolute Gasteiger partial charge is 0.394 e. The molecule has 31 heavy (non-hydrogen) atoms. The fraction of sp³-hybridized carbons (Fsp3) is 1.00. The second-order valence-corrected chi connectivity index (χ2v) is 5.85. The number of aliphatic hydroxyl groups is 2. The third-order valence-electron chi connectivity index (χ3n) is 3.53. The zero-order chi connectivity index (χ0) is 25.5. The minimum Gasteiger partial charge on any atom is -0.394 e. The normalized spacial score (nSPS) is 16.7. The molecule has 0 radical (unpaired) electrons. The second-order valence-electron chi connectivity index (χ2n) is 5.85. The van der Waals surface area contributed by atoms with Crippen LogP contribution in [-0.4, -0.2) is 84.0 Å². The Morgan fingerprint density at radius 2 is 0.968 bits per heavy atom. The third-order valence-corrected chi connectivity index (χ3v) is 3.53. The molecule has 0 bridgehead atoms. The molecule has 0 aromatic heterocycles. The number of rotatable bonds is 12. The third kappa shape index (κ3) is 4.49. The van der Waals surface area contributed by atoms with E-state index in [4.69, 9.17) is 10.2 Å². The predicted octanol–water partition coefficient (Wildman–Crippen LogP) is 4.07. The number of alkyl halides is 16. The quantitative estimate of drug-likeness (QED) is 0.393. The molecule has 1 atom stereocenters. The molecule has 188 valence electrons. The highest BCUT2D eigenvalue weighted by Gasteiger charge is 2.93. The SMILES string of the molecule is OCC(O)COCC(F)(F)C(F)(F)C(F)(F)C(F)(F)C(F)(F)C(F)(F)C(F)(F)C(F)F. The van der Waals surface area contributed by atoms with Crippen LogP contribution in [0.4, 0.5) is 70.2 Å². The molecule has 0 aromatic rings. The molecule has 0 aliphatic carbocycles. The molecule has 0 amide bonds. The fourth-order valence-electron chi connectivity index (χ4n) is 1.63. The minimum absolute atomic E-state index is 1.28. The zero-order valence-electron chi connectivity index (χ0n) is 14.1. The maximum Gasteiger partial charge on any atom is 0.384 e. The van der Waals surface area contributed by atoms with Crippen LogP contribution in [0.5, 0.6) is 0 Å². The van der Waals surface area contributed by atoms with Crippen molar-refractivity contribution in [2.75, 3.05) is 19.8 Å². The molecule has 0 aliphatic rings. The Hall–Kier alpha value is -1.24. The first kappa shape index (κ1) is 29.8. The van der Waals surface area contributed by atoms with Gasteiger partial charge in [0.2, 0.25) is 0 Å². The molecular weight excluding hydrogens is 496 g/mol. The lowest BCUT2D eigenvalue weighted by atomic mass is 9.89. The maximum atomic E-state index is 13.4. The van der Waals surface area contributed by atoms with Gasteiger partial charge in [-0.1, -0.05) is 0 Å². The number of hydrogen-bond donors (Lipinski definition) is 2. The summed E-state index contributed by atoms with van der Waals surface area (Å²) in [5.74, 6) is -55.1. The van der Waals surface area contributed by atoms with E-state index in [1.807, 2.05) is 0 Å². The van der Waals surface area contributed by atoms with Crippen LogP contribution in [0.1, 0.15) is 0 Å². The van der Waals surface area contributed by atoms with Gasteiger partial charge in [-0.15, -0.1) is 0 Å². The summed E-state index contributed by atoms with van der Waals surface area (Å²) < 4.78 is 211. The monoisotopic (exact) mass is 506 g/mol. The number of halogens is 16. The van der Waals surface area contributed by atoms with Gasteiger partial charge in [-0.2, -0.15) is 61.5 Å². The molecule has 0 spiro atoms.